The molecule has 3 heteroatoms. The van der Waals surface area contributed by atoms with Crippen LogP contribution in [-0.2, 0) is 10.1 Å². The Morgan fingerprint density at radius 1 is 1.00 bits per heavy atom. The maximum Gasteiger partial charge on any atom is 0.0525 e. The van der Waals surface area contributed by atoms with Gasteiger partial charge in [0.05, 0.1) is 5.69 Å². The van der Waals surface area contributed by atoms with Gasteiger partial charge < -0.3 is 4.72 Å². The van der Waals surface area contributed by atoms with Crippen LogP contribution in [0.5, 0.6) is 0 Å². The summed E-state index contributed by atoms with van der Waals surface area (Å²) in [5.74, 6) is 0.637. The van der Waals surface area contributed by atoms with Crippen molar-refractivity contribution in [3.63, 3.8) is 0 Å². The molecule has 2 aromatic rings. The number of fused-ring (bicyclic) bond motifs is 3. The van der Waals surface area contributed by atoms with E-state index in [1.165, 1.54) is 0 Å². The zero-order valence-electron chi connectivity index (χ0n) is 9.68. The van der Waals surface area contributed by atoms with Crippen molar-refractivity contribution in [2.75, 3.05) is 10.5 Å². The SMILES string of the molecule is CC[SH]1(=O)Nc2ccccc2-c2ccccc21. The van der Waals surface area contributed by atoms with Crippen LogP contribution in [-0.4, -0.2) is 9.96 Å². The first kappa shape index (κ1) is 10.5. The Morgan fingerprint density at radius 2 is 1.65 bits per heavy atom. The summed E-state index contributed by atoms with van der Waals surface area (Å²) < 4.78 is 16.1. The van der Waals surface area contributed by atoms with E-state index in [9.17, 15) is 4.21 Å². The molecule has 0 aromatic heterocycles. The summed E-state index contributed by atoms with van der Waals surface area (Å²) in [5, 5.41) is 0. The van der Waals surface area contributed by atoms with Gasteiger partial charge in [0.25, 0.3) is 0 Å². The fourth-order valence-electron chi connectivity index (χ4n) is 2.34. The highest BCUT2D eigenvalue weighted by atomic mass is 32.3. The first-order valence-electron chi connectivity index (χ1n) is 5.81. The third kappa shape index (κ3) is 1.50. The van der Waals surface area contributed by atoms with Crippen LogP contribution in [0.3, 0.4) is 0 Å². The molecule has 0 bridgehead atoms. The average Bonchev–Trinajstić information content (AvgIpc) is 2.39. The predicted molar refractivity (Wildman–Crippen MR) is 73.8 cm³/mol. The van der Waals surface area contributed by atoms with Gasteiger partial charge in [-0.2, -0.15) is 0 Å². The summed E-state index contributed by atoms with van der Waals surface area (Å²) in [4.78, 5) is 0.959. The van der Waals surface area contributed by atoms with E-state index in [1.54, 1.807) is 0 Å². The number of thiol groups is 1. The van der Waals surface area contributed by atoms with Gasteiger partial charge in [0.1, 0.15) is 0 Å². The molecule has 2 aromatic carbocycles. The van der Waals surface area contributed by atoms with E-state index < -0.39 is 10.1 Å². The fourth-order valence-corrected chi connectivity index (χ4v) is 4.45. The molecule has 0 saturated carbocycles. The number of anilines is 1. The summed E-state index contributed by atoms with van der Waals surface area (Å²) >= 11 is 0. The Balaban J connectivity index is 2.34. The van der Waals surface area contributed by atoms with Gasteiger partial charge in [-0.15, -0.1) is 0 Å². The summed E-state index contributed by atoms with van der Waals surface area (Å²) in [5.41, 5.74) is 3.23. The topological polar surface area (TPSA) is 29.1 Å². The lowest BCUT2D eigenvalue weighted by molar-refractivity contribution is 0.674. The monoisotopic (exact) mass is 245 g/mol. The lowest BCUT2D eigenvalue weighted by atomic mass is 10.0. The van der Waals surface area contributed by atoms with Gasteiger partial charge in [-0.05, 0) is 27.8 Å². The van der Waals surface area contributed by atoms with Gasteiger partial charge in [-0.1, -0.05) is 43.3 Å². The van der Waals surface area contributed by atoms with Gasteiger partial charge in [-0.25, -0.2) is 0 Å². The Kier molecular flexibility index (Phi) is 2.30. The highest BCUT2D eigenvalue weighted by Gasteiger charge is 2.26. The van der Waals surface area contributed by atoms with Crippen molar-refractivity contribution in [3.8, 4) is 11.1 Å². The van der Waals surface area contributed by atoms with Crippen molar-refractivity contribution >= 4 is 15.8 Å². The quantitative estimate of drug-likeness (QED) is 0.743. The van der Waals surface area contributed by atoms with Gasteiger partial charge in [0.15, 0.2) is 0 Å². The second-order valence-electron chi connectivity index (χ2n) is 4.23. The van der Waals surface area contributed by atoms with Crippen LogP contribution in [0.15, 0.2) is 53.4 Å². The molecule has 1 aliphatic heterocycles. The van der Waals surface area contributed by atoms with E-state index in [1.807, 2.05) is 43.3 Å². The molecule has 0 atom stereocenters. The van der Waals surface area contributed by atoms with E-state index in [0.717, 1.165) is 21.7 Å². The van der Waals surface area contributed by atoms with Crippen LogP contribution in [0.1, 0.15) is 6.92 Å². The summed E-state index contributed by atoms with van der Waals surface area (Å²) in [6, 6.07) is 16.0. The Bertz CT molecular complexity index is 621. The van der Waals surface area contributed by atoms with Crippen LogP contribution < -0.4 is 4.72 Å². The average molecular weight is 245 g/mol. The van der Waals surface area contributed by atoms with Crippen molar-refractivity contribution in [1.82, 2.24) is 0 Å². The predicted octanol–water partition coefficient (Wildman–Crippen LogP) is 3.09. The number of benzene rings is 2. The fraction of sp³-hybridized carbons (Fsp3) is 0.143. The third-order valence-electron chi connectivity index (χ3n) is 3.26. The van der Waals surface area contributed by atoms with Crippen molar-refractivity contribution in [2.45, 2.75) is 11.8 Å². The standard InChI is InChI=1S/C14H15NOS/c1-2-17(16)14-10-6-4-8-12(14)11-7-3-5-9-13(11)15-17/h3-10,17H,2H2,1H3,(H,15,16). The molecule has 1 heterocycles. The summed E-state index contributed by atoms with van der Waals surface area (Å²) in [7, 11) is -2.47. The molecule has 17 heavy (non-hydrogen) atoms. The molecule has 0 unspecified atom stereocenters. The molecule has 0 amide bonds. The molecule has 0 fully saturated rings. The highest BCUT2D eigenvalue weighted by molar-refractivity contribution is 8.04. The maximum absolute atomic E-state index is 12.9. The molecular formula is C14H15NOS. The van der Waals surface area contributed by atoms with Gasteiger partial charge >= 0.3 is 0 Å². The zero-order chi connectivity index (χ0) is 11.9. The lowest BCUT2D eigenvalue weighted by Gasteiger charge is -2.33. The van der Waals surface area contributed by atoms with Crippen LogP contribution in [0.25, 0.3) is 11.1 Å². The second kappa shape index (κ2) is 3.70. The minimum absolute atomic E-state index is 0.637. The Morgan fingerprint density at radius 3 is 2.41 bits per heavy atom. The minimum atomic E-state index is -2.47. The molecule has 1 aliphatic rings. The minimum Gasteiger partial charge on any atom is -0.323 e. The smallest absolute Gasteiger partial charge is 0.0525 e. The van der Waals surface area contributed by atoms with E-state index in [-0.39, 0.29) is 0 Å². The summed E-state index contributed by atoms with van der Waals surface area (Å²) in [6.07, 6.45) is 0. The largest absolute Gasteiger partial charge is 0.323 e. The molecule has 0 spiro atoms. The zero-order valence-corrected chi connectivity index (χ0v) is 10.6. The number of hydrogen-bond donors (Lipinski definition) is 2. The number of nitrogens with one attached hydrogen (secondary N) is 1. The lowest BCUT2D eigenvalue weighted by Crippen LogP contribution is -2.28. The van der Waals surface area contributed by atoms with E-state index in [4.69, 9.17) is 0 Å². The number of rotatable bonds is 1. The molecule has 3 rings (SSSR count). The van der Waals surface area contributed by atoms with Crippen LogP contribution in [0.4, 0.5) is 5.69 Å². The van der Waals surface area contributed by atoms with Crippen LogP contribution in [0, 0.1) is 0 Å². The Labute approximate surface area is 102 Å². The van der Waals surface area contributed by atoms with E-state index >= 15 is 0 Å². The molecule has 2 nitrogen and oxygen atoms in total. The third-order valence-corrected chi connectivity index (χ3v) is 5.92. The van der Waals surface area contributed by atoms with E-state index in [0.29, 0.717) is 5.75 Å². The molecular weight excluding hydrogens is 230 g/mol. The van der Waals surface area contributed by atoms with Crippen molar-refractivity contribution < 1.29 is 4.21 Å². The van der Waals surface area contributed by atoms with Gasteiger partial charge in [-0.3, -0.25) is 4.21 Å². The molecule has 0 aliphatic carbocycles. The van der Waals surface area contributed by atoms with Crippen LogP contribution >= 0.6 is 0 Å². The van der Waals surface area contributed by atoms with Crippen molar-refractivity contribution in [3.05, 3.63) is 48.5 Å². The second-order valence-corrected chi connectivity index (χ2v) is 7.05. The number of para-hydroxylation sites is 1. The van der Waals surface area contributed by atoms with Gasteiger partial charge in [0.2, 0.25) is 0 Å². The van der Waals surface area contributed by atoms with E-state index in [2.05, 4.69) is 16.9 Å². The summed E-state index contributed by atoms with van der Waals surface area (Å²) in [6.45, 7) is 1.97. The maximum atomic E-state index is 12.9. The molecule has 0 radical (unpaired) electrons. The first-order valence-corrected chi connectivity index (χ1v) is 7.70. The number of hydrogen-bond acceptors (Lipinski definition) is 1. The van der Waals surface area contributed by atoms with Crippen molar-refractivity contribution in [1.29, 1.82) is 0 Å². The Hall–Kier alpha value is -1.61. The van der Waals surface area contributed by atoms with Gasteiger partial charge in [0, 0.05) is 16.2 Å². The molecule has 88 valence electrons. The van der Waals surface area contributed by atoms with Crippen LogP contribution in [0.2, 0.25) is 0 Å². The normalized spacial score (nSPS) is 17.5. The van der Waals surface area contributed by atoms with Crippen molar-refractivity contribution in [2.24, 2.45) is 0 Å². The first-order chi connectivity index (χ1) is 8.24. The highest BCUT2D eigenvalue weighted by Crippen LogP contribution is 2.41. The molecule has 1 N–H and O–H groups in total. The molecule has 0 saturated heterocycles.